The first-order valence-corrected chi connectivity index (χ1v) is 18.8. The van der Waals surface area contributed by atoms with Crippen LogP contribution in [0.15, 0.2) is 63.6 Å². The third-order valence-corrected chi connectivity index (χ3v) is 8.83. The molecule has 3 aromatic heterocycles. The van der Waals surface area contributed by atoms with Crippen LogP contribution in [-0.2, 0) is 9.53 Å². The van der Waals surface area contributed by atoms with Gasteiger partial charge in [-0.05, 0) is 67.5 Å². The molecule has 0 spiro atoms. The van der Waals surface area contributed by atoms with E-state index in [4.69, 9.17) is 14.1 Å². The Labute approximate surface area is 305 Å². The molecule has 2 aliphatic rings. The van der Waals surface area contributed by atoms with E-state index in [1.54, 1.807) is 26.2 Å². The van der Waals surface area contributed by atoms with Crippen LogP contribution in [0, 0.1) is 5.92 Å². The van der Waals surface area contributed by atoms with Gasteiger partial charge < -0.3 is 19.4 Å². The fourth-order valence-corrected chi connectivity index (χ4v) is 5.66. The van der Waals surface area contributed by atoms with E-state index in [0.29, 0.717) is 54.8 Å². The predicted molar refractivity (Wildman–Crippen MR) is 212 cm³/mol. The van der Waals surface area contributed by atoms with Crippen molar-refractivity contribution < 1.29 is 13.9 Å². The number of hydrogen-bond acceptors (Lipinski definition) is 9. The highest BCUT2D eigenvalue weighted by Crippen LogP contribution is 2.29. The molecule has 0 amide bonds. The number of ketones is 1. The number of Topliss-reactive ketones (excluding diaryl/α,β-unsaturated/α-hetero) is 1. The van der Waals surface area contributed by atoms with Gasteiger partial charge in [-0.15, -0.1) is 0 Å². The maximum Gasteiger partial charge on any atom is 0.227 e. The van der Waals surface area contributed by atoms with E-state index in [9.17, 15) is 9.59 Å². The van der Waals surface area contributed by atoms with E-state index in [1.165, 1.54) is 38.2 Å². The topological polar surface area (TPSA) is 110 Å². The molecular formula is C42H59N5O4. The zero-order chi connectivity index (χ0) is 37.3. The smallest absolute Gasteiger partial charge is 0.227 e. The number of hydrogen-bond donors (Lipinski definition) is 1. The molecule has 0 bridgehead atoms. The average molecular weight is 698 g/mol. The normalized spacial score (nSPS) is 15.1. The van der Waals surface area contributed by atoms with E-state index in [-0.39, 0.29) is 17.1 Å². The number of morpholine rings is 1. The molecule has 1 saturated heterocycles. The number of nitrogens with one attached hydrogen (secondary N) is 1. The number of rotatable bonds is 8. The Hall–Kier alpha value is -4.37. The highest BCUT2D eigenvalue weighted by Gasteiger charge is 2.17. The number of aromatic nitrogens is 3. The highest BCUT2D eigenvalue weighted by molar-refractivity contribution is 5.97. The molecule has 1 unspecified atom stereocenters. The van der Waals surface area contributed by atoms with Crippen LogP contribution >= 0.6 is 0 Å². The van der Waals surface area contributed by atoms with Crippen molar-refractivity contribution in [3.63, 3.8) is 0 Å². The maximum atomic E-state index is 12.7. The lowest BCUT2D eigenvalue weighted by Gasteiger charge is -2.27. The van der Waals surface area contributed by atoms with Gasteiger partial charge in [0.2, 0.25) is 11.4 Å². The Morgan fingerprint density at radius 1 is 1.00 bits per heavy atom. The van der Waals surface area contributed by atoms with Gasteiger partial charge in [0, 0.05) is 48.4 Å². The van der Waals surface area contributed by atoms with Gasteiger partial charge in [0.15, 0.2) is 22.8 Å². The molecule has 1 aliphatic carbocycles. The summed E-state index contributed by atoms with van der Waals surface area (Å²) in [5.74, 6) is 2.27. The molecular weight excluding hydrogens is 638 g/mol. The Morgan fingerprint density at radius 3 is 2.29 bits per heavy atom. The molecule has 1 aliphatic heterocycles. The lowest BCUT2D eigenvalue weighted by Crippen LogP contribution is -2.36. The predicted octanol–water partition coefficient (Wildman–Crippen LogP) is 10.4. The number of pyridine rings is 1. The number of benzene rings is 1. The third-order valence-electron chi connectivity index (χ3n) is 8.83. The van der Waals surface area contributed by atoms with Crippen molar-refractivity contribution in [2.75, 3.05) is 36.5 Å². The minimum atomic E-state index is -0.171. The van der Waals surface area contributed by atoms with Gasteiger partial charge in [-0.3, -0.25) is 9.59 Å². The number of fused-ring (bicyclic) bond motifs is 1. The minimum Gasteiger partial charge on any atom is -0.439 e. The van der Waals surface area contributed by atoms with Gasteiger partial charge in [-0.1, -0.05) is 92.7 Å². The molecule has 9 nitrogen and oxygen atoms in total. The van der Waals surface area contributed by atoms with E-state index in [2.05, 4.69) is 49.9 Å². The summed E-state index contributed by atoms with van der Waals surface area (Å²) in [4.78, 5) is 40.3. The van der Waals surface area contributed by atoms with Gasteiger partial charge in [0.05, 0.1) is 18.9 Å². The summed E-state index contributed by atoms with van der Waals surface area (Å²) in [7, 11) is 0. The SMILES string of the molecule is CC.CC1CCCC1.CCC.CCC(C)c1nc(Nc2cccc(-c3cnc4c(=O)cc(N5CCOCC5)oc4c3)c2)ncc1/C=C(\C)C(C)=O. The van der Waals surface area contributed by atoms with Gasteiger partial charge in [0.25, 0.3) is 0 Å². The standard InChI is InChI=1S/C31H33N5O4.C6H12.C3H8.C2H6/c1-5-19(2)29-24(13-20(3)21(4)37)18-33-31(35-29)34-25-8-6-7-22(14-25)23-15-27-30(32-17-23)26(38)16-28(40-27)36-9-11-39-12-10-36;1-6-4-2-3-5-6;1-3-2;1-2/h6-8,13-19H,5,9-12H2,1-4H3,(H,33,34,35);6H,2-5H2,1H3;3H2,1-2H3;1-2H3/b20-13+;;;. The fourth-order valence-electron chi connectivity index (χ4n) is 5.66. The second kappa shape index (κ2) is 21.1. The van der Waals surface area contributed by atoms with Crippen molar-refractivity contribution in [1.82, 2.24) is 15.0 Å². The molecule has 1 N–H and O–H groups in total. The number of ether oxygens (including phenoxy) is 1. The number of allylic oxidation sites excluding steroid dienone is 1. The van der Waals surface area contributed by atoms with Crippen molar-refractivity contribution in [1.29, 1.82) is 0 Å². The highest BCUT2D eigenvalue weighted by atomic mass is 16.5. The van der Waals surface area contributed by atoms with Crippen LogP contribution in [0.4, 0.5) is 17.5 Å². The number of carbonyl (C=O) groups excluding carboxylic acids is 1. The summed E-state index contributed by atoms with van der Waals surface area (Å²) in [6, 6.07) is 11.2. The Balaban J connectivity index is 0.000000556. The summed E-state index contributed by atoms with van der Waals surface area (Å²) in [5.41, 5.74) is 5.50. The summed E-state index contributed by atoms with van der Waals surface area (Å²) >= 11 is 0. The second-order valence-corrected chi connectivity index (χ2v) is 13.1. The van der Waals surface area contributed by atoms with Gasteiger partial charge in [-0.25, -0.2) is 15.0 Å². The van der Waals surface area contributed by atoms with Crippen LogP contribution in [0.1, 0.15) is 118 Å². The molecule has 1 saturated carbocycles. The molecule has 2 fully saturated rings. The molecule has 1 aromatic carbocycles. The third kappa shape index (κ3) is 12.1. The molecule has 276 valence electrons. The first-order valence-electron chi connectivity index (χ1n) is 18.8. The van der Waals surface area contributed by atoms with Crippen LogP contribution < -0.4 is 15.6 Å². The molecule has 1 atom stereocenters. The van der Waals surface area contributed by atoms with E-state index in [1.807, 2.05) is 55.2 Å². The largest absolute Gasteiger partial charge is 0.439 e. The summed E-state index contributed by atoms with van der Waals surface area (Å²) < 4.78 is 11.5. The number of carbonyl (C=O) groups is 1. The van der Waals surface area contributed by atoms with Crippen molar-refractivity contribution in [3.8, 4) is 11.1 Å². The first-order chi connectivity index (χ1) is 24.6. The molecule has 6 rings (SSSR count). The molecule has 0 radical (unpaired) electrons. The summed E-state index contributed by atoms with van der Waals surface area (Å²) in [6.07, 6.45) is 13.4. The maximum absolute atomic E-state index is 12.7. The number of nitrogens with zero attached hydrogens (tertiary/aromatic N) is 4. The van der Waals surface area contributed by atoms with Gasteiger partial charge in [0.1, 0.15) is 0 Å². The monoisotopic (exact) mass is 697 g/mol. The Morgan fingerprint density at radius 2 is 1.69 bits per heavy atom. The molecule has 51 heavy (non-hydrogen) atoms. The van der Waals surface area contributed by atoms with Crippen molar-refractivity contribution in [2.45, 2.75) is 107 Å². The van der Waals surface area contributed by atoms with Crippen LogP contribution in [0.25, 0.3) is 28.3 Å². The van der Waals surface area contributed by atoms with Crippen LogP contribution in [0.3, 0.4) is 0 Å². The van der Waals surface area contributed by atoms with E-state index >= 15 is 0 Å². The zero-order valence-corrected chi connectivity index (χ0v) is 32.3. The zero-order valence-electron chi connectivity index (χ0n) is 32.3. The van der Waals surface area contributed by atoms with Crippen molar-refractivity contribution >= 4 is 40.5 Å². The van der Waals surface area contributed by atoms with Gasteiger partial charge >= 0.3 is 0 Å². The van der Waals surface area contributed by atoms with E-state index in [0.717, 1.165) is 40.4 Å². The van der Waals surface area contributed by atoms with Crippen molar-refractivity contribution in [2.24, 2.45) is 5.92 Å². The van der Waals surface area contributed by atoms with Crippen LogP contribution in [0.2, 0.25) is 0 Å². The fraction of sp³-hybridized carbons (Fsp3) is 0.500. The summed E-state index contributed by atoms with van der Waals surface area (Å²) in [6.45, 7) is 20.7. The lowest BCUT2D eigenvalue weighted by atomic mass is 9.99. The molecule has 4 heterocycles. The van der Waals surface area contributed by atoms with Crippen LogP contribution in [-0.4, -0.2) is 47.0 Å². The quantitative estimate of drug-likeness (QED) is 0.180. The van der Waals surface area contributed by atoms with Gasteiger partial charge in [-0.2, -0.15) is 0 Å². The lowest BCUT2D eigenvalue weighted by molar-refractivity contribution is -0.113. The number of anilines is 3. The molecule has 9 heteroatoms. The average Bonchev–Trinajstić information content (AvgIpc) is 3.64. The minimum absolute atomic E-state index is 0.0221. The van der Waals surface area contributed by atoms with Crippen molar-refractivity contribution in [3.05, 3.63) is 75.8 Å². The Bertz CT molecular complexity index is 1770. The summed E-state index contributed by atoms with van der Waals surface area (Å²) in [5, 5.41) is 3.31. The first kappa shape index (κ1) is 41.1. The second-order valence-electron chi connectivity index (χ2n) is 13.1. The Kier molecular flexibility index (Phi) is 17.0. The van der Waals surface area contributed by atoms with E-state index < -0.39 is 0 Å². The molecule has 4 aromatic rings. The van der Waals surface area contributed by atoms with Crippen LogP contribution in [0.5, 0.6) is 0 Å².